The molecule has 46 heavy (non-hydrogen) atoms. The molecule has 0 heterocycles. The Hall–Kier alpha value is -4.01. The van der Waals surface area contributed by atoms with Crippen molar-refractivity contribution in [2.75, 3.05) is 26.2 Å². The van der Waals surface area contributed by atoms with Crippen LogP contribution in [0.25, 0.3) is 0 Å². The van der Waals surface area contributed by atoms with Gasteiger partial charge in [0.15, 0.2) is 0 Å². The SMILES string of the molecule is CC#Cc1cc(C(=O)NC(Cc2ccccc2)C(O)CN(CCC)NS(=O)(=O)c2ccccc2)cc(C(=O)N(CCC)CCC)c1. The third kappa shape index (κ3) is 10.8. The van der Waals surface area contributed by atoms with Gasteiger partial charge in [0, 0.05) is 42.9 Å². The van der Waals surface area contributed by atoms with Crippen LogP contribution in [0, 0.1) is 11.8 Å². The number of carbonyl (C=O) groups is 2. The Morgan fingerprint density at radius 3 is 2.02 bits per heavy atom. The Kier molecular flexibility index (Phi) is 14.4. The minimum Gasteiger partial charge on any atom is -0.390 e. The highest BCUT2D eigenvalue weighted by atomic mass is 32.2. The number of hydrogen-bond donors (Lipinski definition) is 3. The number of nitrogens with one attached hydrogen (secondary N) is 2. The van der Waals surface area contributed by atoms with Crippen molar-refractivity contribution in [3.8, 4) is 11.8 Å². The highest BCUT2D eigenvalue weighted by Gasteiger charge is 2.27. The fourth-order valence-electron chi connectivity index (χ4n) is 5.16. The number of amides is 2. The molecule has 0 aliphatic carbocycles. The van der Waals surface area contributed by atoms with E-state index in [4.69, 9.17) is 0 Å². The van der Waals surface area contributed by atoms with Crippen molar-refractivity contribution < 1.29 is 23.1 Å². The third-order valence-corrected chi connectivity index (χ3v) is 8.66. The lowest BCUT2D eigenvalue weighted by Crippen LogP contribution is -2.53. The zero-order valence-electron chi connectivity index (χ0n) is 27.2. The normalized spacial score (nSPS) is 12.6. The molecular formula is C36H46N4O5S. The molecule has 3 N–H and O–H groups in total. The van der Waals surface area contributed by atoms with Crippen LogP contribution in [-0.4, -0.2) is 73.6 Å². The van der Waals surface area contributed by atoms with Gasteiger partial charge in [-0.2, -0.15) is 0 Å². The maximum Gasteiger partial charge on any atom is 0.253 e. The first-order chi connectivity index (χ1) is 22.1. The molecule has 0 radical (unpaired) electrons. The summed E-state index contributed by atoms with van der Waals surface area (Å²) >= 11 is 0. The van der Waals surface area contributed by atoms with Crippen LogP contribution in [-0.2, 0) is 16.4 Å². The molecular weight excluding hydrogens is 600 g/mol. The summed E-state index contributed by atoms with van der Waals surface area (Å²) in [6.45, 7) is 9.09. The van der Waals surface area contributed by atoms with Crippen molar-refractivity contribution >= 4 is 21.8 Å². The van der Waals surface area contributed by atoms with E-state index in [1.54, 1.807) is 48.2 Å². The molecule has 0 bridgehead atoms. The molecule has 0 saturated heterocycles. The standard InChI is InChI=1S/C36H46N4O5S/c1-5-15-29-23-30(26-31(24-29)36(43)39(20-6-2)21-7-3)35(42)37-33(25-28-16-11-9-12-17-28)34(41)27-40(22-8-4)38-46(44,45)32-18-13-10-14-19-32/h9-14,16-19,23-24,26,33-34,38,41H,6-8,20-22,25,27H2,1-4H3,(H,37,42). The molecule has 2 atom stereocenters. The topological polar surface area (TPSA) is 119 Å². The molecule has 2 amide bonds. The van der Waals surface area contributed by atoms with Crippen LogP contribution in [0.4, 0.5) is 0 Å². The zero-order valence-corrected chi connectivity index (χ0v) is 28.0. The van der Waals surface area contributed by atoms with Crippen LogP contribution in [0.2, 0.25) is 0 Å². The molecule has 0 saturated carbocycles. The molecule has 10 heteroatoms. The van der Waals surface area contributed by atoms with Crippen molar-refractivity contribution in [1.82, 2.24) is 20.1 Å². The van der Waals surface area contributed by atoms with Gasteiger partial charge in [-0.15, -0.1) is 10.8 Å². The van der Waals surface area contributed by atoms with E-state index in [1.165, 1.54) is 17.1 Å². The van der Waals surface area contributed by atoms with Crippen LogP contribution in [0.1, 0.15) is 78.8 Å². The van der Waals surface area contributed by atoms with Crippen molar-refractivity contribution in [2.45, 2.75) is 70.4 Å². The van der Waals surface area contributed by atoms with Crippen LogP contribution >= 0.6 is 0 Å². The van der Waals surface area contributed by atoms with Gasteiger partial charge in [-0.3, -0.25) is 9.59 Å². The van der Waals surface area contributed by atoms with E-state index in [-0.39, 0.29) is 22.9 Å². The van der Waals surface area contributed by atoms with Gasteiger partial charge < -0.3 is 15.3 Å². The molecule has 0 spiro atoms. The molecule has 3 rings (SSSR count). The van der Waals surface area contributed by atoms with E-state index in [0.29, 0.717) is 43.6 Å². The molecule has 2 unspecified atom stereocenters. The van der Waals surface area contributed by atoms with Gasteiger partial charge in [-0.1, -0.05) is 75.2 Å². The molecule has 9 nitrogen and oxygen atoms in total. The Bertz CT molecular complexity index is 1580. The predicted octanol–water partition coefficient (Wildman–Crippen LogP) is 4.63. The summed E-state index contributed by atoms with van der Waals surface area (Å²) in [5.74, 6) is 5.17. The van der Waals surface area contributed by atoms with Gasteiger partial charge in [0.05, 0.1) is 17.0 Å². The quantitative estimate of drug-likeness (QED) is 0.145. The van der Waals surface area contributed by atoms with E-state index >= 15 is 0 Å². The Morgan fingerprint density at radius 1 is 0.848 bits per heavy atom. The van der Waals surface area contributed by atoms with Gasteiger partial charge in [0.25, 0.3) is 21.8 Å². The number of nitrogens with zero attached hydrogens (tertiary/aromatic N) is 2. The average molecular weight is 647 g/mol. The summed E-state index contributed by atoms with van der Waals surface area (Å²) in [5.41, 5.74) is 2.04. The van der Waals surface area contributed by atoms with Gasteiger partial charge in [-0.25, -0.2) is 13.4 Å². The number of carbonyl (C=O) groups excluding carboxylic acids is 2. The van der Waals surface area contributed by atoms with Gasteiger partial charge in [0.1, 0.15) is 0 Å². The van der Waals surface area contributed by atoms with E-state index in [0.717, 1.165) is 18.4 Å². The average Bonchev–Trinajstić information content (AvgIpc) is 3.04. The number of rotatable bonds is 17. The monoisotopic (exact) mass is 646 g/mol. The maximum absolute atomic E-state index is 13.8. The van der Waals surface area contributed by atoms with E-state index in [9.17, 15) is 23.1 Å². The second kappa shape index (κ2) is 18.2. The summed E-state index contributed by atoms with van der Waals surface area (Å²) in [5, 5.41) is 16.0. The zero-order chi connectivity index (χ0) is 33.5. The molecule has 0 aliphatic rings. The van der Waals surface area contributed by atoms with Crippen LogP contribution < -0.4 is 10.1 Å². The number of aliphatic hydroxyl groups excluding tert-OH is 1. The predicted molar refractivity (Wildman–Crippen MR) is 182 cm³/mol. The maximum atomic E-state index is 13.8. The lowest BCUT2D eigenvalue weighted by atomic mass is 9.99. The van der Waals surface area contributed by atoms with Crippen LogP contribution in [0.15, 0.2) is 83.8 Å². The minimum absolute atomic E-state index is 0.0776. The van der Waals surface area contributed by atoms with Crippen LogP contribution in [0.3, 0.4) is 0 Å². The van der Waals surface area contributed by atoms with Crippen molar-refractivity contribution in [2.24, 2.45) is 0 Å². The minimum atomic E-state index is -3.89. The first-order valence-corrected chi connectivity index (χ1v) is 17.3. The molecule has 0 aromatic heterocycles. The second-order valence-corrected chi connectivity index (χ2v) is 12.8. The summed E-state index contributed by atoms with van der Waals surface area (Å²) in [7, 11) is -3.89. The summed E-state index contributed by atoms with van der Waals surface area (Å²) in [4.78, 5) is 31.8. The largest absolute Gasteiger partial charge is 0.390 e. The van der Waals surface area contributed by atoms with Crippen molar-refractivity contribution in [1.29, 1.82) is 0 Å². The Balaban J connectivity index is 1.91. The number of aliphatic hydroxyl groups is 1. The Morgan fingerprint density at radius 2 is 1.43 bits per heavy atom. The highest BCUT2D eigenvalue weighted by molar-refractivity contribution is 7.89. The summed E-state index contributed by atoms with van der Waals surface area (Å²) in [6.07, 6.45) is 1.37. The second-order valence-electron chi connectivity index (χ2n) is 11.2. The van der Waals surface area contributed by atoms with Gasteiger partial charge in [-0.05, 0) is 68.5 Å². The van der Waals surface area contributed by atoms with Gasteiger partial charge in [0.2, 0.25) is 0 Å². The lowest BCUT2D eigenvalue weighted by Gasteiger charge is -2.30. The number of hydrazine groups is 1. The van der Waals surface area contributed by atoms with E-state index < -0.39 is 28.1 Å². The Labute approximate surface area is 274 Å². The number of hydrogen-bond acceptors (Lipinski definition) is 6. The molecule has 3 aromatic carbocycles. The van der Waals surface area contributed by atoms with Crippen molar-refractivity contribution in [3.05, 3.63) is 101 Å². The number of sulfonamides is 1. The van der Waals surface area contributed by atoms with E-state index in [2.05, 4.69) is 22.0 Å². The fourth-order valence-corrected chi connectivity index (χ4v) is 6.29. The van der Waals surface area contributed by atoms with Crippen LogP contribution in [0.5, 0.6) is 0 Å². The fraction of sp³-hybridized carbons (Fsp3) is 0.389. The first-order valence-electron chi connectivity index (χ1n) is 15.8. The molecule has 0 aliphatic heterocycles. The lowest BCUT2D eigenvalue weighted by molar-refractivity contribution is 0.0619. The van der Waals surface area contributed by atoms with Crippen molar-refractivity contribution in [3.63, 3.8) is 0 Å². The number of benzene rings is 3. The summed E-state index contributed by atoms with van der Waals surface area (Å²) < 4.78 is 26.2. The highest BCUT2D eigenvalue weighted by Crippen LogP contribution is 2.16. The summed E-state index contributed by atoms with van der Waals surface area (Å²) in [6, 6.07) is 21.6. The molecule has 246 valence electrons. The first kappa shape index (κ1) is 36.5. The van der Waals surface area contributed by atoms with E-state index in [1.807, 2.05) is 51.1 Å². The smallest absolute Gasteiger partial charge is 0.253 e. The van der Waals surface area contributed by atoms with Gasteiger partial charge >= 0.3 is 0 Å². The third-order valence-electron chi connectivity index (χ3n) is 7.27. The molecule has 0 fully saturated rings. The molecule has 3 aromatic rings.